The number of amides is 2. The summed E-state index contributed by atoms with van der Waals surface area (Å²) in [5.74, 6) is 1.08. The number of hydrogen-bond acceptors (Lipinski definition) is 8. The normalized spacial score (nSPS) is 19.3. The van der Waals surface area contributed by atoms with Gasteiger partial charge in [0, 0.05) is 23.9 Å². The van der Waals surface area contributed by atoms with Crippen LogP contribution in [0.3, 0.4) is 0 Å². The molecule has 10 nitrogen and oxygen atoms in total. The first-order valence-corrected chi connectivity index (χ1v) is 14.5. The Morgan fingerprint density at radius 1 is 1.15 bits per heavy atom. The second-order valence-electron chi connectivity index (χ2n) is 10.1. The molecule has 2 aliphatic rings. The number of nitrogens with one attached hydrogen (secondary N) is 2. The fraction of sp³-hybridized carbons (Fsp3) is 0.393. The van der Waals surface area contributed by atoms with Gasteiger partial charge in [-0.2, -0.15) is 0 Å². The summed E-state index contributed by atoms with van der Waals surface area (Å²) in [5.41, 5.74) is 1.75. The number of urea groups is 1. The lowest BCUT2D eigenvalue weighted by atomic mass is 10.1. The third-order valence-corrected chi connectivity index (χ3v) is 9.70. The molecule has 5 rings (SSSR count). The highest BCUT2D eigenvalue weighted by Crippen LogP contribution is 2.55. The number of carbonyl (C=O) groups excluding carboxylic acids is 1. The van der Waals surface area contributed by atoms with Crippen LogP contribution in [0.4, 0.5) is 16.3 Å². The van der Waals surface area contributed by atoms with Crippen LogP contribution in [0, 0.1) is 0 Å². The fourth-order valence-corrected chi connectivity index (χ4v) is 6.74. The number of carbonyl (C=O) groups is 1. The zero-order valence-corrected chi connectivity index (χ0v) is 22.8. The molecular formula is C28H33N5O5S. The predicted octanol–water partition coefficient (Wildman–Crippen LogP) is 3.33. The number of ether oxygens (including phenoxy) is 1. The number of morpholine rings is 1. The largest absolute Gasteiger partial charge is 0.394 e. The maximum absolute atomic E-state index is 13.8. The Hall–Kier alpha value is -3.54. The first-order chi connectivity index (χ1) is 18.7. The summed E-state index contributed by atoms with van der Waals surface area (Å²) in [5, 5.41) is 14.5. The molecule has 3 N–H and O–H groups in total. The van der Waals surface area contributed by atoms with Crippen LogP contribution in [0.25, 0.3) is 11.4 Å². The van der Waals surface area contributed by atoms with Gasteiger partial charge in [0.25, 0.3) is 0 Å². The molecule has 0 bridgehead atoms. The van der Waals surface area contributed by atoms with Gasteiger partial charge in [-0.1, -0.05) is 18.2 Å². The first-order valence-electron chi connectivity index (χ1n) is 13.1. The molecule has 3 aromatic rings. The lowest BCUT2D eigenvalue weighted by Gasteiger charge is -2.34. The number of benzene rings is 2. The van der Waals surface area contributed by atoms with E-state index in [4.69, 9.17) is 19.8 Å². The van der Waals surface area contributed by atoms with Crippen LogP contribution in [-0.4, -0.2) is 68.0 Å². The lowest BCUT2D eigenvalue weighted by molar-refractivity contribution is 0.0985. The molecule has 0 unspecified atom stereocenters. The van der Waals surface area contributed by atoms with Gasteiger partial charge in [-0.05, 0) is 63.1 Å². The van der Waals surface area contributed by atoms with E-state index < -0.39 is 20.6 Å². The minimum atomic E-state index is -3.68. The molecule has 1 aliphatic carbocycles. The third kappa shape index (κ3) is 5.47. The van der Waals surface area contributed by atoms with Gasteiger partial charge in [-0.3, -0.25) is 0 Å². The maximum atomic E-state index is 13.8. The summed E-state index contributed by atoms with van der Waals surface area (Å²) in [6.07, 6.45) is 0.978. The average molecular weight is 552 g/mol. The van der Waals surface area contributed by atoms with E-state index in [1.165, 1.54) is 0 Å². The van der Waals surface area contributed by atoms with Crippen molar-refractivity contribution in [1.82, 2.24) is 15.3 Å². The zero-order valence-electron chi connectivity index (χ0n) is 22.0. The fourth-order valence-electron chi connectivity index (χ4n) is 4.75. The number of aliphatic hydroxyl groups excluding tert-OH is 1. The highest BCUT2D eigenvalue weighted by atomic mass is 32.2. The molecule has 1 aliphatic heterocycles. The van der Waals surface area contributed by atoms with Gasteiger partial charge in [-0.15, -0.1) is 0 Å². The van der Waals surface area contributed by atoms with Crippen molar-refractivity contribution in [1.29, 1.82) is 0 Å². The second kappa shape index (κ2) is 10.9. The third-order valence-electron chi connectivity index (χ3n) is 7.17. The van der Waals surface area contributed by atoms with E-state index in [2.05, 4.69) is 22.5 Å². The maximum Gasteiger partial charge on any atom is 0.319 e. The number of aromatic nitrogens is 2. The predicted molar refractivity (Wildman–Crippen MR) is 148 cm³/mol. The van der Waals surface area contributed by atoms with Crippen molar-refractivity contribution >= 4 is 27.4 Å². The standard InChI is InChI=1S/C28H33N5O5S/c1-19(17-34)29-27(35)30-22-10-8-21(9-11-22)26-31-24(16-25(32-26)33-14-15-38-18-20(33)2)28(12-13-28)39(36,37)23-6-4-3-5-7-23/h3-11,16,19-20,34H,12-15,17-18H2,1-2H3,(H2,29,30,35)/t19-,20+/m1/s1. The van der Waals surface area contributed by atoms with Crippen molar-refractivity contribution < 1.29 is 23.1 Å². The van der Waals surface area contributed by atoms with Crippen LogP contribution in [0.2, 0.25) is 0 Å². The molecule has 2 fully saturated rings. The molecule has 1 saturated carbocycles. The van der Waals surface area contributed by atoms with Crippen LogP contribution >= 0.6 is 0 Å². The van der Waals surface area contributed by atoms with E-state index in [9.17, 15) is 13.2 Å². The van der Waals surface area contributed by atoms with Crippen molar-refractivity contribution in [2.75, 3.05) is 36.6 Å². The molecule has 206 valence electrons. The van der Waals surface area contributed by atoms with E-state index in [0.717, 1.165) is 0 Å². The summed E-state index contributed by atoms with van der Waals surface area (Å²) < 4.78 is 32.1. The minimum Gasteiger partial charge on any atom is -0.394 e. The Bertz CT molecular complexity index is 1430. The number of nitrogens with zero attached hydrogens (tertiary/aromatic N) is 3. The Morgan fingerprint density at radius 3 is 2.51 bits per heavy atom. The average Bonchev–Trinajstić information content (AvgIpc) is 3.77. The van der Waals surface area contributed by atoms with E-state index >= 15 is 0 Å². The molecule has 2 heterocycles. The van der Waals surface area contributed by atoms with Gasteiger partial charge in [0.05, 0.1) is 42.5 Å². The molecule has 2 amide bonds. The number of anilines is 2. The monoisotopic (exact) mass is 551 g/mol. The number of aliphatic hydroxyl groups is 1. The quantitative estimate of drug-likeness (QED) is 0.388. The first kappa shape index (κ1) is 27.0. The van der Waals surface area contributed by atoms with Crippen LogP contribution in [-0.2, 0) is 19.3 Å². The van der Waals surface area contributed by atoms with Gasteiger partial charge in [0.2, 0.25) is 0 Å². The molecule has 1 saturated heterocycles. The molecule has 0 spiro atoms. The summed E-state index contributed by atoms with van der Waals surface area (Å²) in [6, 6.07) is 16.7. The Kier molecular flexibility index (Phi) is 7.57. The summed E-state index contributed by atoms with van der Waals surface area (Å²) in [4.78, 5) is 24.2. The summed E-state index contributed by atoms with van der Waals surface area (Å²) >= 11 is 0. The topological polar surface area (TPSA) is 134 Å². The molecule has 2 atom stereocenters. The second-order valence-corrected chi connectivity index (χ2v) is 12.4. The highest BCUT2D eigenvalue weighted by Gasteiger charge is 2.58. The van der Waals surface area contributed by atoms with E-state index in [1.54, 1.807) is 61.5 Å². The van der Waals surface area contributed by atoms with Crippen LogP contribution < -0.4 is 15.5 Å². The van der Waals surface area contributed by atoms with E-state index in [0.29, 0.717) is 61.2 Å². The van der Waals surface area contributed by atoms with Gasteiger partial charge >= 0.3 is 6.03 Å². The zero-order chi connectivity index (χ0) is 27.6. The van der Waals surface area contributed by atoms with Crippen LogP contribution in [0.15, 0.2) is 65.6 Å². The van der Waals surface area contributed by atoms with Gasteiger partial charge in [-0.25, -0.2) is 23.2 Å². The van der Waals surface area contributed by atoms with Gasteiger partial charge in [0.15, 0.2) is 15.7 Å². The lowest BCUT2D eigenvalue weighted by Crippen LogP contribution is -2.44. The van der Waals surface area contributed by atoms with Crippen molar-refractivity contribution in [3.8, 4) is 11.4 Å². The number of rotatable bonds is 8. The van der Waals surface area contributed by atoms with Gasteiger partial charge in [0.1, 0.15) is 10.6 Å². The molecule has 39 heavy (non-hydrogen) atoms. The van der Waals surface area contributed by atoms with Crippen molar-refractivity contribution in [2.45, 2.75) is 48.4 Å². The summed E-state index contributed by atoms with van der Waals surface area (Å²) in [7, 11) is -3.68. The Morgan fingerprint density at radius 2 is 1.87 bits per heavy atom. The van der Waals surface area contributed by atoms with Gasteiger partial charge < -0.3 is 25.4 Å². The number of sulfone groups is 1. The molecule has 1 aromatic heterocycles. The Labute approximate surface area is 228 Å². The Balaban J connectivity index is 1.51. The summed E-state index contributed by atoms with van der Waals surface area (Å²) in [6.45, 7) is 5.34. The van der Waals surface area contributed by atoms with E-state index in [1.807, 2.05) is 6.07 Å². The molecule has 2 aromatic carbocycles. The smallest absolute Gasteiger partial charge is 0.319 e. The van der Waals surface area contributed by atoms with Crippen molar-refractivity contribution in [3.63, 3.8) is 0 Å². The highest BCUT2D eigenvalue weighted by molar-refractivity contribution is 7.92. The van der Waals surface area contributed by atoms with Crippen LogP contribution in [0.5, 0.6) is 0 Å². The SMILES string of the molecule is C[C@H](CO)NC(=O)Nc1ccc(-c2nc(N3CCOC[C@@H]3C)cc(C3(S(=O)(=O)c4ccccc4)CC3)n2)cc1. The number of hydrogen-bond donors (Lipinski definition) is 3. The molecule has 0 radical (unpaired) electrons. The molecule has 11 heteroatoms. The van der Waals surface area contributed by atoms with E-state index in [-0.39, 0.29) is 23.6 Å². The minimum absolute atomic E-state index is 0.0710. The van der Waals surface area contributed by atoms with Crippen molar-refractivity contribution in [3.05, 3.63) is 66.4 Å². The van der Waals surface area contributed by atoms with Crippen LogP contribution in [0.1, 0.15) is 32.4 Å². The molecular weight excluding hydrogens is 518 g/mol. The van der Waals surface area contributed by atoms with Crippen molar-refractivity contribution in [2.24, 2.45) is 0 Å².